The summed E-state index contributed by atoms with van der Waals surface area (Å²) in [6.45, 7) is 15.5. The first kappa shape index (κ1) is 28.0. The van der Waals surface area contributed by atoms with E-state index >= 15 is 0 Å². The molecule has 172 valence electrons. The minimum Gasteiger partial charge on any atom is -0.352 e. The maximum absolute atomic E-state index is 12.8. The van der Waals surface area contributed by atoms with E-state index in [0.717, 1.165) is 0 Å². The molecule has 0 radical (unpaired) electrons. The number of nitrogens with zero attached hydrogens (tertiary/aromatic N) is 1. The molecule has 0 saturated heterocycles. The van der Waals surface area contributed by atoms with E-state index in [1.165, 1.54) is 0 Å². The molecule has 0 aromatic carbocycles. The van der Waals surface area contributed by atoms with E-state index in [0.29, 0.717) is 50.2 Å². The SMILES string of the molecule is C=C(C)C(=O)NCCCN(CCCNC(=O)C(=C)C)C(=O)CP(=O)(OCC)OCC. The van der Waals surface area contributed by atoms with Crippen LogP contribution in [0.4, 0.5) is 0 Å². The number of hydrogen-bond donors (Lipinski definition) is 2. The molecule has 30 heavy (non-hydrogen) atoms. The molecule has 0 rings (SSSR count). The summed E-state index contributed by atoms with van der Waals surface area (Å²) in [5.74, 6) is -0.849. The number of carbonyl (C=O) groups is 3. The smallest absolute Gasteiger partial charge is 0.340 e. The Morgan fingerprint density at radius 3 is 1.60 bits per heavy atom. The molecule has 0 saturated carbocycles. The fourth-order valence-corrected chi connectivity index (χ4v) is 3.97. The molecule has 0 aromatic rings. The molecule has 9 nitrogen and oxygen atoms in total. The zero-order valence-corrected chi connectivity index (χ0v) is 19.5. The summed E-state index contributed by atoms with van der Waals surface area (Å²) >= 11 is 0. The van der Waals surface area contributed by atoms with Crippen molar-refractivity contribution in [3.05, 3.63) is 24.3 Å². The molecule has 0 heterocycles. The van der Waals surface area contributed by atoms with Gasteiger partial charge in [0.25, 0.3) is 0 Å². The van der Waals surface area contributed by atoms with E-state index in [1.54, 1.807) is 32.6 Å². The quantitative estimate of drug-likeness (QED) is 0.214. The van der Waals surface area contributed by atoms with Gasteiger partial charge in [0.05, 0.1) is 13.2 Å². The van der Waals surface area contributed by atoms with E-state index in [2.05, 4.69) is 23.8 Å². The van der Waals surface area contributed by atoms with Crippen LogP contribution in [-0.2, 0) is 28.0 Å². The lowest BCUT2D eigenvalue weighted by Gasteiger charge is -2.25. The van der Waals surface area contributed by atoms with Crippen LogP contribution in [-0.4, -0.2) is 68.2 Å². The van der Waals surface area contributed by atoms with Gasteiger partial charge in [0.15, 0.2) is 0 Å². The molecule has 0 spiro atoms. The van der Waals surface area contributed by atoms with E-state index in [1.807, 2.05) is 0 Å². The maximum Gasteiger partial charge on any atom is 0.340 e. The van der Waals surface area contributed by atoms with Crippen LogP contribution in [0.2, 0.25) is 0 Å². The number of amides is 3. The predicted octanol–water partition coefficient (Wildman–Crippen LogP) is 2.25. The highest BCUT2D eigenvalue weighted by atomic mass is 31.2. The molecule has 3 amide bonds. The zero-order chi connectivity index (χ0) is 23.2. The molecule has 0 aliphatic rings. The lowest BCUT2D eigenvalue weighted by Crippen LogP contribution is -2.38. The summed E-state index contributed by atoms with van der Waals surface area (Å²) < 4.78 is 23.1. The van der Waals surface area contributed by atoms with Crippen molar-refractivity contribution in [3.63, 3.8) is 0 Å². The highest BCUT2D eigenvalue weighted by Gasteiger charge is 2.30. The minimum atomic E-state index is -3.52. The van der Waals surface area contributed by atoms with Gasteiger partial charge in [0.2, 0.25) is 17.7 Å². The van der Waals surface area contributed by atoms with E-state index in [4.69, 9.17) is 9.05 Å². The summed E-state index contributed by atoms with van der Waals surface area (Å²) in [5, 5.41) is 5.43. The van der Waals surface area contributed by atoms with Gasteiger partial charge in [0.1, 0.15) is 6.16 Å². The van der Waals surface area contributed by atoms with Crippen molar-refractivity contribution in [1.29, 1.82) is 0 Å². The van der Waals surface area contributed by atoms with Gasteiger partial charge in [-0.15, -0.1) is 0 Å². The second-order valence-corrected chi connectivity index (χ2v) is 8.82. The molecular weight excluding hydrogens is 409 g/mol. The first-order valence-corrected chi connectivity index (χ1v) is 11.8. The van der Waals surface area contributed by atoms with Crippen molar-refractivity contribution in [1.82, 2.24) is 15.5 Å². The normalized spacial score (nSPS) is 10.9. The van der Waals surface area contributed by atoms with E-state index < -0.39 is 7.60 Å². The lowest BCUT2D eigenvalue weighted by atomic mass is 10.3. The summed E-state index contributed by atoms with van der Waals surface area (Å²) in [4.78, 5) is 37.5. The Kier molecular flexibility index (Phi) is 14.0. The van der Waals surface area contributed by atoms with E-state index in [9.17, 15) is 18.9 Å². The third kappa shape index (κ3) is 11.9. The molecular formula is C20H36N3O6P. The average Bonchev–Trinajstić information content (AvgIpc) is 2.65. The van der Waals surface area contributed by atoms with Gasteiger partial charge in [0, 0.05) is 37.3 Å². The van der Waals surface area contributed by atoms with Crippen LogP contribution < -0.4 is 10.6 Å². The van der Waals surface area contributed by atoms with E-state index in [-0.39, 0.29) is 37.1 Å². The van der Waals surface area contributed by atoms with Crippen molar-refractivity contribution in [2.24, 2.45) is 0 Å². The second-order valence-electron chi connectivity index (χ2n) is 6.76. The first-order chi connectivity index (χ1) is 14.1. The van der Waals surface area contributed by atoms with Gasteiger partial charge >= 0.3 is 7.60 Å². The summed E-state index contributed by atoms with van der Waals surface area (Å²) in [6, 6.07) is 0. The topological polar surface area (TPSA) is 114 Å². The van der Waals surface area contributed by atoms with Crippen LogP contribution >= 0.6 is 7.60 Å². The average molecular weight is 445 g/mol. The largest absolute Gasteiger partial charge is 0.352 e. The standard InChI is InChI=1S/C20H36N3O6P/c1-7-28-30(27,29-8-2)15-18(24)23(13-9-11-21-19(25)16(3)4)14-10-12-22-20(26)17(5)6/h3,5,7-15H2,1-2,4,6H3,(H,21,25)(H,22,26). The number of carbonyl (C=O) groups excluding carboxylic acids is 3. The molecule has 0 bridgehead atoms. The van der Waals surface area contributed by atoms with Gasteiger partial charge in [-0.2, -0.15) is 0 Å². The van der Waals surface area contributed by atoms with Crippen molar-refractivity contribution >= 4 is 25.3 Å². The highest BCUT2D eigenvalue weighted by molar-refractivity contribution is 7.54. The van der Waals surface area contributed by atoms with Crippen molar-refractivity contribution in [3.8, 4) is 0 Å². The first-order valence-electron chi connectivity index (χ1n) is 10.1. The highest BCUT2D eigenvalue weighted by Crippen LogP contribution is 2.47. The van der Waals surface area contributed by atoms with Crippen molar-refractivity contribution in [2.75, 3.05) is 45.6 Å². The van der Waals surface area contributed by atoms with Gasteiger partial charge in [-0.3, -0.25) is 18.9 Å². The Morgan fingerprint density at radius 1 is 0.867 bits per heavy atom. The molecule has 2 N–H and O–H groups in total. The Hall–Kier alpha value is -1.96. The molecule has 10 heteroatoms. The fourth-order valence-electron chi connectivity index (χ4n) is 2.39. The molecule has 0 aromatic heterocycles. The van der Waals surface area contributed by atoms with Crippen LogP contribution in [0, 0.1) is 0 Å². The second kappa shape index (κ2) is 14.9. The van der Waals surface area contributed by atoms with Gasteiger partial charge in [-0.05, 0) is 40.5 Å². The van der Waals surface area contributed by atoms with Crippen LogP contribution in [0.3, 0.4) is 0 Å². The molecule has 0 unspecified atom stereocenters. The van der Waals surface area contributed by atoms with Crippen molar-refractivity contribution in [2.45, 2.75) is 40.5 Å². The third-order valence-electron chi connectivity index (χ3n) is 3.89. The summed E-state index contributed by atoms with van der Waals surface area (Å²) in [6.07, 6.45) is 0.665. The Morgan fingerprint density at radius 2 is 1.27 bits per heavy atom. The number of nitrogens with one attached hydrogen (secondary N) is 2. The lowest BCUT2D eigenvalue weighted by molar-refractivity contribution is -0.128. The Bertz CT molecular complexity index is 621. The Labute approximate surface area is 179 Å². The van der Waals surface area contributed by atoms with Crippen LogP contribution in [0.15, 0.2) is 24.3 Å². The Balaban J connectivity index is 4.89. The number of hydrogen-bond acceptors (Lipinski definition) is 6. The monoisotopic (exact) mass is 445 g/mol. The van der Waals surface area contributed by atoms with Crippen LogP contribution in [0.5, 0.6) is 0 Å². The van der Waals surface area contributed by atoms with Crippen molar-refractivity contribution < 1.29 is 28.0 Å². The molecule has 0 aliphatic heterocycles. The van der Waals surface area contributed by atoms with Gasteiger partial charge in [-0.25, -0.2) is 0 Å². The minimum absolute atomic E-state index is 0.171. The molecule has 0 fully saturated rings. The number of rotatable bonds is 16. The van der Waals surface area contributed by atoms with Gasteiger partial charge in [-0.1, -0.05) is 13.2 Å². The summed E-state index contributed by atoms with van der Waals surface area (Å²) in [5.41, 5.74) is 0.816. The zero-order valence-electron chi connectivity index (χ0n) is 18.6. The summed E-state index contributed by atoms with van der Waals surface area (Å²) in [7, 11) is -3.52. The fraction of sp³-hybridized carbons (Fsp3) is 0.650. The van der Waals surface area contributed by atoms with Crippen LogP contribution in [0.25, 0.3) is 0 Å². The molecule has 0 atom stereocenters. The predicted molar refractivity (Wildman–Crippen MR) is 117 cm³/mol. The maximum atomic E-state index is 12.8. The molecule has 0 aliphatic carbocycles. The third-order valence-corrected chi connectivity index (χ3v) is 5.85. The van der Waals surface area contributed by atoms with Gasteiger partial charge < -0.3 is 24.6 Å². The van der Waals surface area contributed by atoms with Crippen LogP contribution in [0.1, 0.15) is 40.5 Å².